The van der Waals surface area contributed by atoms with Crippen LogP contribution in [0.25, 0.3) is 10.9 Å². The summed E-state index contributed by atoms with van der Waals surface area (Å²) in [5, 5.41) is 0.838. The summed E-state index contributed by atoms with van der Waals surface area (Å²) in [5.74, 6) is -0.00732. The highest BCUT2D eigenvalue weighted by Gasteiger charge is 2.20. The molecular formula is C19H27N3O3S. The van der Waals surface area contributed by atoms with E-state index >= 15 is 0 Å². The highest BCUT2D eigenvalue weighted by Crippen LogP contribution is 2.23. The van der Waals surface area contributed by atoms with E-state index in [1.54, 1.807) is 29.6 Å². The highest BCUT2D eigenvalue weighted by atomic mass is 32.2. The van der Waals surface area contributed by atoms with Crippen molar-refractivity contribution in [1.82, 2.24) is 14.5 Å². The van der Waals surface area contributed by atoms with Crippen molar-refractivity contribution >= 4 is 28.6 Å². The molecule has 1 amide bonds. The molecule has 0 radical (unpaired) electrons. The van der Waals surface area contributed by atoms with E-state index in [-0.39, 0.29) is 22.8 Å². The number of fused-ring (bicyclic) bond motifs is 1. The highest BCUT2D eigenvalue weighted by molar-refractivity contribution is 8.00. The van der Waals surface area contributed by atoms with Crippen molar-refractivity contribution in [3.8, 4) is 0 Å². The van der Waals surface area contributed by atoms with Crippen LogP contribution in [0.3, 0.4) is 0 Å². The van der Waals surface area contributed by atoms with Crippen LogP contribution in [0, 0.1) is 0 Å². The summed E-state index contributed by atoms with van der Waals surface area (Å²) in [6.45, 7) is 6.89. The maximum atomic E-state index is 12.9. The van der Waals surface area contributed by atoms with E-state index in [2.05, 4.69) is 4.98 Å². The van der Waals surface area contributed by atoms with Crippen LogP contribution in [0.4, 0.5) is 0 Å². The van der Waals surface area contributed by atoms with Crippen molar-refractivity contribution in [3.63, 3.8) is 0 Å². The smallest absolute Gasteiger partial charge is 0.262 e. The second kappa shape index (κ2) is 9.19. The van der Waals surface area contributed by atoms with Gasteiger partial charge < -0.3 is 9.64 Å². The largest absolute Gasteiger partial charge is 0.379 e. The van der Waals surface area contributed by atoms with Gasteiger partial charge >= 0.3 is 0 Å². The minimum absolute atomic E-state index is 0.00732. The number of carbonyl (C=O) groups excluding carboxylic acids is 1. The Kier molecular flexibility index (Phi) is 7.23. The molecule has 0 saturated heterocycles. The van der Waals surface area contributed by atoms with E-state index in [1.165, 1.54) is 11.8 Å². The molecule has 7 heteroatoms. The summed E-state index contributed by atoms with van der Waals surface area (Å²) in [7, 11) is 3.45. The van der Waals surface area contributed by atoms with Gasteiger partial charge in [-0.2, -0.15) is 0 Å². The first-order valence-corrected chi connectivity index (χ1v) is 9.68. The second-order valence-corrected chi connectivity index (χ2v) is 7.94. The lowest BCUT2D eigenvalue weighted by atomic mass is 10.2. The molecule has 0 N–H and O–H groups in total. The molecule has 142 valence electrons. The molecule has 2 rings (SSSR count). The van der Waals surface area contributed by atoms with Crippen molar-refractivity contribution in [1.29, 1.82) is 0 Å². The fraction of sp³-hybridized carbons (Fsp3) is 0.526. The van der Waals surface area contributed by atoms with Crippen LogP contribution in [0.15, 0.2) is 34.2 Å². The lowest BCUT2D eigenvalue weighted by molar-refractivity contribution is -0.127. The SMILES string of the molecule is CC(C)OCCCn1c(SC(C)C(=O)N(C)C)nc2ccccc2c1=O. The van der Waals surface area contributed by atoms with Crippen molar-refractivity contribution in [2.24, 2.45) is 0 Å². The number of benzene rings is 1. The van der Waals surface area contributed by atoms with E-state index in [0.29, 0.717) is 35.6 Å². The monoisotopic (exact) mass is 377 g/mol. The third-order valence-electron chi connectivity index (χ3n) is 3.87. The molecule has 1 unspecified atom stereocenters. The van der Waals surface area contributed by atoms with Gasteiger partial charge in [-0.05, 0) is 39.3 Å². The Morgan fingerprint density at radius 1 is 1.27 bits per heavy atom. The Morgan fingerprint density at radius 3 is 2.62 bits per heavy atom. The van der Waals surface area contributed by atoms with E-state index in [0.717, 1.165) is 0 Å². The molecule has 0 aliphatic heterocycles. The van der Waals surface area contributed by atoms with Gasteiger partial charge in [-0.25, -0.2) is 4.98 Å². The molecule has 0 bridgehead atoms. The van der Waals surface area contributed by atoms with Gasteiger partial charge in [0.15, 0.2) is 5.16 Å². The van der Waals surface area contributed by atoms with Crippen LogP contribution in [0.2, 0.25) is 0 Å². The average molecular weight is 378 g/mol. The van der Waals surface area contributed by atoms with E-state index in [1.807, 2.05) is 39.0 Å². The standard InChI is InChI=1S/C19H27N3O3S/c1-13(2)25-12-8-11-22-18(24)15-9-6-7-10-16(15)20-19(22)26-14(3)17(23)21(4)5/h6-7,9-10,13-14H,8,11-12H2,1-5H3. The Morgan fingerprint density at radius 2 is 1.96 bits per heavy atom. The van der Waals surface area contributed by atoms with Gasteiger partial charge in [0, 0.05) is 27.2 Å². The zero-order valence-corrected chi connectivity index (χ0v) is 16.9. The number of ether oxygens (including phenoxy) is 1. The van der Waals surface area contributed by atoms with E-state index in [9.17, 15) is 9.59 Å². The van der Waals surface area contributed by atoms with Crippen LogP contribution >= 0.6 is 11.8 Å². The Labute approximate surface area is 158 Å². The predicted molar refractivity (Wildman–Crippen MR) is 106 cm³/mol. The number of hydrogen-bond donors (Lipinski definition) is 0. The number of para-hydroxylation sites is 1. The van der Waals surface area contributed by atoms with Crippen LogP contribution in [-0.4, -0.2) is 52.4 Å². The summed E-state index contributed by atoms with van der Waals surface area (Å²) in [4.78, 5) is 31.3. The van der Waals surface area contributed by atoms with Gasteiger partial charge in [0.1, 0.15) is 0 Å². The fourth-order valence-corrected chi connectivity index (χ4v) is 3.63. The van der Waals surface area contributed by atoms with Crippen molar-refractivity contribution in [2.45, 2.75) is 50.2 Å². The molecule has 0 spiro atoms. The van der Waals surface area contributed by atoms with Gasteiger partial charge in [-0.15, -0.1) is 0 Å². The van der Waals surface area contributed by atoms with Gasteiger partial charge in [-0.3, -0.25) is 14.2 Å². The van der Waals surface area contributed by atoms with E-state index < -0.39 is 0 Å². The lowest BCUT2D eigenvalue weighted by Crippen LogP contribution is -2.31. The van der Waals surface area contributed by atoms with Gasteiger partial charge in [-0.1, -0.05) is 23.9 Å². The first-order valence-electron chi connectivity index (χ1n) is 8.80. The second-order valence-electron chi connectivity index (χ2n) is 6.63. The van der Waals surface area contributed by atoms with Crippen LogP contribution in [0.5, 0.6) is 0 Å². The van der Waals surface area contributed by atoms with Gasteiger partial charge in [0.2, 0.25) is 5.91 Å². The normalized spacial score (nSPS) is 12.5. The summed E-state index contributed by atoms with van der Waals surface area (Å²) in [6.07, 6.45) is 0.870. The van der Waals surface area contributed by atoms with Crippen molar-refractivity contribution < 1.29 is 9.53 Å². The molecule has 0 aliphatic carbocycles. The third-order valence-corrected chi connectivity index (χ3v) is 4.95. The Bertz CT molecular complexity index is 817. The first kappa shape index (κ1) is 20.5. The topological polar surface area (TPSA) is 64.4 Å². The Hall–Kier alpha value is -1.86. The molecule has 26 heavy (non-hydrogen) atoms. The first-order chi connectivity index (χ1) is 12.3. The molecule has 1 aromatic carbocycles. The van der Waals surface area contributed by atoms with Crippen LogP contribution in [-0.2, 0) is 16.1 Å². The van der Waals surface area contributed by atoms with Gasteiger partial charge in [0.25, 0.3) is 5.56 Å². The zero-order valence-electron chi connectivity index (χ0n) is 16.1. The predicted octanol–water partition coefficient (Wildman–Crippen LogP) is 2.78. The molecule has 1 heterocycles. The van der Waals surface area contributed by atoms with Crippen molar-refractivity contribution in [3.05, 3.63) is 34.6 Å². The Balaban J connectivity index is 2.34. The number of thioether (sulfide) groups is 1. The number of amides is 1. The number of aromatic nitrogens is 2. The molecule has 0 saturated carbocycles. The number of rotatable bonds is 8. The number of carbonyl (C=O) groups is 1. The summed E-state index contributed by atoms with van der Waals surface area (Å²) in [6, 6.07) is 7.31. The molecule has 2 aromatic rings. The molecule has 0 aliphatic rings. The summed E-state index contributed by atoms with van der Waals surface area (Å²) in [5.41, 5.74) is 0.575. The molecule has 1 atom stereocenters. The molecule has 0 fully saturated rings. The van der Waals surface area contributed by atoms with Crippen molar-refractivity contribution in [2.75, 3.05) is 20.7 Å². The van der Waals surface area contributed by atoms with Crippen LogP contribution in [0.1, 0.15) is 27.2 Å². The molecular weight excluding hydrogens is 350 g/mol. The lowest BCUT2D eigenvalue weighted by Gasteiger charge is -2.19. The molecule has 1 aromatic heterocycles. The van der Waals surface area contributed by atoms with Gasteiger partial charge in [0.05, 0.1) is 22.3 Å². The maximum absolute atomic E-state index is 12.9. The summed E-state index contributed by atoms with van der Waals surface area (Å²) < 4.78 is 7.24. The average Bonchev–Trinajstić information content (AvgIpc) is 2.59. The minimum Gasteiger partial charge on any atom is -0.379 e. The van der Waals surface area contributed by atoms with E-state index in [4.69, 9.17) is 4.74 Å². The van der Waals surface area contributed by atoms with Crippen LogP contribution < -0.4 is 5.56 Å². The molecule has 6 nitrogen and oxygen atoms in total. The third kappa shape index (κ3) is 5.08. The number of hydrogen-bond acceptors (Lipinski definition) is 5. The fourth-order valence-electron chi connectivity index (χ4n) is 2.55. The summed E-state index contributed by atoms with van der Waals surface area (Å²) >= 11 is 1.32. The minimum atomic E-state index is -0.323. The quantitative estimate of drug-likeness (QED) is 0.402. The maximum Gasteiger partial charge on any atom is 0.262 e. The number of nitrogens with zero attached hydrogens (tertiary/aromatic N) is 3. The zero-order chi connectivity index (χ0) is 19.3.